The van der Waals surface area contributed by atoms with Crippen LogP contribution in [0.4, 0.5) is 0 Å². The van der Waals surface area contributed by atoms with E-state index in [9.17, 15) is 8.42 Å². The molecule has 0 bridgehead atoms. The summed E-state index contributed by atoms with van der Waals surface area (Å²) in [6.45, 7) is 2.03. The van der Waals surface area contributed by atoms with Crippen molar-refractivity contribution in [2.75, 3.05) is 12.1 Å². The summed E-state index contributed by atoms with van der Waals surface area (Å²) in [5, 5.41) is 0. The van der Waals surface area contributed by atoms with E-state index in [0.717, 1.165) is 19.1 Å². The monoisotopic (exact) mass is 226 g/mol. The third-order valence-corrected chi connectivity index (χ3v) is 3.33. The highest BCUT2D eigenvalue weighted by Gasteiger charge is 2.55. The smallest absolute Gasteiger partial charge is 0.263 e. The van der Waals surface area contributed by atoms with Crippen LogP contribution in [-0.2, 0) is 14.3 Å². The predicted molar refractivity (Wildman–Crippen MR) is 52.4 cm³/mol. The van der Waals surface area contributed by atoms with Crippen LogP contribution in [0.1, 0.15) is 26.2 Å². The Bertz CT molecular complexity index is 275. The van der Waals surface area contributed by atoms with Crippen molar-refractivity contribution in [1.82, 2.24) is 0 Å². The van der Waals surface area contributed by atoms with E-state index in [-0.39, 0.29) is 0 Å². The molecule has 5 heteroatoms. The maximum atomic E-state index is 11.0. The van der Waals surface area contributed by atoms with Crippen molar-refractivity contribution in [1.29, 1.82) is 0 Å². The summed E-state index contributed by atoms with van der Waals surface area (Å²) in [5.41, 5.74) is -0.468. The lowest BCUT2D eigenvalue weighted by molar-refractivity contribution is 0.165. The number of hydrogen-bond donors (Lipinski definition) is 0. The van der Waals surface area contributed by atoms with Crippen LogP contribution < -0.4 is 0 Å². The Hall–Kier alpha value is 0.200. The molecule has 0 aromatic rings. The normalized spacial score (nSPS) is 33.3. The lowest BCUT2D eigenvalue weighted by Gasteiger charge is -2.14. The maximum absolute atomic E-state index is 11.0. The van der Waals surface area contributed by atoms with Crippen molar-refractivity contribution in [3.05, 3.63) is 0 Å². The lowest BCUT2D eigenvalue weighted by Crippen LogP contribution is -2.22. The van der Waals surface area contributed by atoms with Gasteiger partial charge in [-0.2, -0.15) is 8.42 Å². The van der Waals surface area contributed by atoms with Gasteiger partial charge in [-0.05, 0) is 18.8 Å². The van der Waals surface area contributed by atoms with E-state index in [1.807, 2.05) is 6.92 Å². The van der Waals surface area contributed by atoms with Gasteiger partial charge in [-0.25, -0.2) is 0 Å². The molecule has 0 N–H and O–H groups in total. The van der Waals surface area contributed by atoms with Crippen LogP contribution in [0.3, 0.4) is 0 Å². The molecule has 0 radical (unpaired) electrons. The molecule has 0 heterocycles. The molecule has 0 aromatic carbocycles. The van der Waals surface area contributed by atoms with E-state index in [1.54, 1.807) is 0 Å². The average molecular weight is 227 g/mol. The molecular weight excluding hydrogens is 212 g/mol. The van der Waals surface area contributed by atoms with Crippen molar-refractivity contribution >= 4 is 21.7 Å². The zero-order valence-corrected chi connectivity index (χ0v) is 9.49. The molecule has 3 nitrogen and oxygen atoms in total. The minimum absolute atomic E-state index is 0.362. The van der Waals surface area contributed by atoms with Crippen molar-refractivity contribution in [2.45, 2.75) is 31.8 Å². The second-order valence-corrected chi connectivity index (χ2v) is 5.55. The molecule has 0 aliphatic heterocycles. The van der Waals surface area contributed by atoms with Crippen LogP contribution in [0.25, 0.3) is 0 Å². The Balaban J connectivity index is 2.62. The fraction of sp³-hybridized carbons (Fsp3) is 1.00. The van der Waals surface area contributed by atoms with E-state index < -0.39 is 15.7 Å². The first-order valence-corrected chi connectivity index (χ1v) is 6.75. The number of alkyl halides is 1. The highest BCUT2D eigenvalue weighted by Crippen LogP contribution is 2.52. The third-order valence-electron chi connectivity index (χ3n) is 2.50. The summed E-state index contributed by atoms with van der Waals surface area (Å²) < 4.78 is 27.0. The first kappa shape index (κ1) is 11.3. The fourth-order valence-electron chi connectivity index (χ4n) is 1.79. The topological polar surface area (TPSA) is 43.4 Å². The summed E-state index contributed by atoms with van der Waals surface area (Å²) in [6.07, 6.45) is 3.49. The van der Waals surface area contributed by atoms with E-state index in [0.29, 0.717) is 18.2 Å². The molecule has 2 atom stereocenters. The van der Waals surface area contributed by atoms with Gasteiger partial charge in [0.1, 0.15) is 0 Å². The largest absolute Gasteiger partial charge is 0.264 e. The van der Waals surface area contributed by atoms with Crippen LogP contribution in [0.2, 0.25) is 0 Å². The van der Waals surface area contributed by atoms with Gasteiger partial charge in [0, 0.05) is 5.88 Å². The van der Waals surface area contributed by atoms with Crippen molar-refractivity contribution in [3.63, 3.8) is 0 Å². The highest BCUT2D eigenvalue weighted by molar-refractivity contribution is 7.86. The molecule has 1 rings (SSSR count). The molecule has 1 saturated carbocycles. The molecule has 0 aromatic heterocycles. The zero-order valence-electron chi connectivity index (χ0n) is 7.92. The van der Waals surface area contributed by atoms with Gasteiger partial charge < -0.3 is 0 Å². The summed E-state index contributed by atoms with van der Waals surface area (Å²) in [4.78, 5) is 0. The molecule has 1 aliphatic rings. The Morgan fingerprint density at radius 3 is 2.54 bits per heavy atom. The van der Waals surface area contributed by atoms with Gasteiger partial charge in [0.15, 0.2) is 0 Å². The average Bonchev–Trinajstić information content (AvgIpc) is 2.60. The predicted octanol–water partition coefficient (Wildman–Crippen LogP) is 1.76. The van der Waals surface area contributed by atoms with Crippen LogP contribution in [0.15, 0.2) is 0 Å². The molecule has 0 spiro atoms. The maximum Gasteiger partial charge on any atom is 0.264 e. The quantitative estimate of drug-likeness (QED) is 0.530. The SMILES string of the molecule is CC[C@@H]1C[C@@]1(CCCl)OS(C)(=O)=O. The highest BCUT2D eigenvalue weighted by atomic mass is 35.5. The van der Waals surface area contributed by atoms with Gasteiger partial charge in [-0.3, -0.25) is 4.18 Å². The number of rotatable bonds is 5. The minimum Gasteiger partial charge on any atom is -0.263 e. The second kappa shape index (κ2) is 3.75. The van der Waals surface area contributed by atoms with Crippen LogP contribution in [-0.4, -0.2) is 26.2 Å². The zero-order chi connectivity index (χ0) is 10.1. The van der Waals surface area contributed by atoms with Crippen LogP contribution in [0, 0.1) is 5.92 Å². The molecule has 0 unspecified atom stereocenters. The Labute approximate surface area is 84.5 Å². The van der Waals surface area contributed by atoms with Crippen molar-refractivity contribution in [3.8, 4) is 0 Å². The Kier molecular flexibility index (Phi) is 3.25. The first-order chi connectivity index (χ1) is 5.93. The number of halogens is 1. The van der Waals surface area contributed by atoms with Gasteiger partial charge >= 0.3 is 0 Å². The fourth-order valence-corrected chi connectivity index (χ4v) is 3.00. The number of hydrogen-bond acceptors (Lipinski definition) is 3. The second-order valence-electron chi connectivity index (χ2n) is 3.60. The molecule has 0 saturated heterocycles. The summed E-state index contributed by atoms with van der Waals surface area (Å²) >= 11 is 5.60. The Morgan fingerprint density at radius 1 is 1.62 bits per heavy atom. The summed E-state index contributed by atoms with van der Waals surface area (Å²) in [5.74, 6) is 0.812. The molecule has 78 valence electrons. The van der Waals surface area contributed by atoms with E-state index in [2.05, 4.69) is 0 Å². The molecular formula is C8H15ClO3S. The van der Waals surface area contributed by atoms with Crippen LogP contribution >= 0.6 is 11.6 Å². The van der Waals surface area contributed by atoms with Crippen molar-refractivity contribution in [2.24, 2.45) is 5.92 Å². The minimum atomic E-state index is -3.34. The van der Waals surface area contributed by atoms with Gasteiger partial charge in [0.05, 0.1) is 11.9 Å². The summed E-state index contributed by atoms with van der Waals surface area (Å²) in [7, 11) is -3.34. The molecule has 1 aliphatic carbocycles. The Morgan fingerprint density at radius 2 is 2.23 bits per heavy atom. The van der Waals surface area contributed by atoms with Crippen LogP contribution in [0.5, 0.6) is 0 Å². The standard InChI is InChI=1S/C8H15ClO3S/c1-3-7-6-8(7,4-5-9)12-13(2,10)11/h7H,3-6H2,1-2H3/t7-,8-/m1/s1. The van der Waals surface area contributed by atoms with Gasteiger partial charge in [0.2, 0.25) is 0 Å². The van der Waals surface area contributed by atoms with Gasteiger partial charge in [-0.1, -0.05) is 13.3 Å². The lowest BCUT2D eigenvalue weighted by atomic mass is 10.2. The van der Waals surface area contributed by atoms with Gasteiger partial charge in [-0.15, -0.1) is 11.6 Å². The van der Waals surface area contributed by atoms with Crippen molar-refractivity contribution < 1.29 is 12.6 Å². The summed E-state index contributed by atoms with van der Waals surface area (Å²) in [6, 6.07) is 0. The van der Waals surface area contributed by atoms with Gasteiger partial charge in [0.25, 0.3) is 10.1 Å². The third kappa shape index (κ3) is 2.82. The van der Waals surface area contributed by atoms with E-state index in [4.69, 9.17) is 15.8 Å². The van der Waals surface area contributed by atoms with E-state index in [1.165, 1.54) is 0 Å². The molecule has 0 amide bonds. The molecule has 1 fully saturated rings. The first-order valence-electron chi connectivity index (χ1n) is 4.40. The molecule has 13 heavy (non-hydrogen) atoms. The van der Waals surface area contributed by atoms with E-state index >= 15 is 0 Å².